The van der Waals surface area contributed by atoms with Crippen molar-refractivity contribution in [3.63, 3.8) is 0 Å². The Bertz CT molecular complexity index is 426. The van der Waals surface area contributed by atoms with E-state index < -0.39 is 0 Å². The van der Waals surface area contributed by atoms with Crippen molar-refractivity contribution in [2.45, 2.75) is 6.92 Å². The van der Waals surface area contributed by atoms with Gasteiger partial charge in [-0.3, -0.25) is 0 Å². The summed E-state index contributed by atoms with van der Waals surface area (Å²) in [5, 5.41) is 1.11. The standard InChI is InChI=1S/C9H7BrN2/c1-6-8-3-2-7(10)4-9(8)12-5-11-6/h2-5H,1H3. The molecule has 2 nitrogen and oxygen atoms in total. The van der Waals surface area contributed by atoms with E-state index in [9.17, 15) is 0 Å². The van der Waals surface area contributed by atoms with Crippen LogP contribution >= 0.6 is 15.9 Å². The Balaban J connectivity index is 2.86. The molecule has 60 valence electrons. The molecule has 0 aliphatic heterocycles. The van der Waals surface area contributed by atoms with Crippen molar-refractivity contribution in [2.75, 3.05) is 0 Å². The summed E-state index contributed by atoms with van der Waals surface area (Å²) in [5.41, 5.74) is 2.00. The first-order valence-corrected chi connectivity index (χ1v) is 4.43. The Morgan fingerprint density at radius 2 is 2.08 bits per heavy atom. The van der Waals surface area contributed by atoms with E-state index in [-0.39, 0.29) is 0 Å². The summed E-state index contributed by atoms with van der Waals surface area (Å²) in [6, 6.07) is 6.01. The van der Waals surface area contributed by atoms with Crippen molar-refractivity contribution >= 4 is 26.8 Å². The molecule has 2 aromatic rings. The van der Waals surface area contributed by atoms with Gasteiger partial charge in [0.2, 0.25) is 0 Å². The molecule has 2 rings (SSSR count). The maximum absolute atomic E-state index is 4.16. The van der Waals surface area contributed by atoms with E-state index in [1.165, 1.54) is 0 Å². The Kier molecular flexibility index (Phi) is 1.81. The number of hydrogen-bond donors (Lipinski definition) is 0. The lowest BCUT2D eigenvalue weighted by atomic mass is 10.2. The van der Waals surface area contributed by atoms with E-state index in [1.807, 2.05) is 25.1 Å². The number of nitrogens with zero attached hydrogens (tertiary/aromatic N) is 2. The van der Waals surface area contributed by atoms with Crippen molar-refractivity contribution < 1.29 is 0 Å². The van der Waals surface area contributed by atoms with Gasteiger partial charge < -0.3 is 0 Å². The van der Waals surface area contributed by atoms with Gasteiger partial charge in [-0.05, 0) is 25.1 Å². The number of benzene rings is 1. The van der Waals surface area contributed by atoms with Crippen molar-refractivity contribution in [2.24, 2.45) is 0 Å². The predicted molar refractivity (Wildman–Crippen MR) is 52.0 cm³/mol. The summed E-state index contributed by atoms with van der Waals surface area (Å²) >= 11 is 3.40. The summed E-state index contributed by atoms with van der Waals surface area (Å²) in [4.78, 5) is 8.27. The van der Waals surface area contributed by atoms with Gasteiger partial charge in [-0.15, -0.1) is 0 Å². The number of hydrogen-bond acceptors (Lipinski definition) is 2. The minimum absolute atomic E-state index is 0.983. The van der Waals surface area contributed by atoms with E-state index in [4.69, 9.17) is 0 Å². The second-order valence-corrected chi connectivity index (χ2v) is 3.54. The quantitative estimate of drug-likeness (QED) is 0.686. The molecule has 0 amide bonds. The summed E-state index contributed by atoms with van der Waals surface area (Å²) in [6.45, 7) is 1.98. The maximum Gasteiger partial charge on any atom is 0.116 e. The zero-order valence-corrected chi connectivity index (χ0v) is 8.17. The molecule has 0 atom stereocenters. The third-order valence-corrected chi connectivity index (χ3v) is 2.29. The third-order valence-electron chi connectivity index (χ3n) is 1.80. The number of halogens is 1. The zero-order valence-electron chi connectivity index (χ0n) is 6.58. The van der Waals surface area contributed by atoms with Crippen LogP contribution in [-0.4, -0.2) is 9.97 Å². The van der Waals surface area contributed by atoms with Gasteiger partial charge in [-0.1, -0.05) is 15.9 Å². The van der Waals surface area contributed by atoms with Crippen LogP contribution in [0.1, 0.15) is 5.69 Å². The molecule has 1 aromatic carbocycles. The molecule has 0 aliphatic rings. The highest BCUT2D eigenvalue weighted by molar-refractivity contribution is 9.10. The summed E-state index contributed by atoms with van der Waals surface area (Å²) in [6.07, 6.45) is 1.59. The summed E-state index contributed by atoms with van der Waals surface area (Å²) in [7, 11) is 0. The van der Waals surface area contributed by atoms with E-state index in [0.29, 0.717) is 0 Å². The highest BCUT2D eigenvalue weighted by Gasteiger charge is 1.98. The number of rotatable bonds is 0. The predicted octanol–water partition coefficient (Wildman–Crippen LogP) is 2.70. The Morgan fingerprint density at radius 3 is 2.92 bits per heavy atom. The Hall–Kier alpha value is -0.960. The largest absolute Gasteiger partial charge is 0.241 e. The van der Waals surface area contributed by atoms with Gasteiger partial charge in [0.15, 0.2) is 0 Å². The molecule has 0 saturated carbocycles. The topological polar surface area (TPSA) is 25.8 Å². The Morgan fingerprint density at radius 1 is 1.25 bits per heavy atom. The summed E-state index contributed by atoms with van der Waals surface area (Å²) in [5.74, 6) is 0. The SMILES string of the molecule is Cc1ncnc2cc(Br)ccc12. The molecule has 0 N–H and O–H groups in total. The third kappa shape index (κ3) is 1.20. The van der Waals surface area contributed by atoms with Crippen LogP contribution in [-0.2, 0) is 0 Å². The monoisotopic (exact) mass is 222 g/mol. The second kappa shape index (κ2) is 2.83. The van der Waals surface area contributed by atoms with Gasteiger partial charge in [-0.25, -0.2) is 9.97 Å². The number of fused-ring (bicyclic) bond motifs is 1. The van der Waals surface area contributed by atoms with E-state index in [1.54, 1.807) is 6.33 Å². The second-order valence-electron chi connectivity index (χ2n) is 2.62. The van der Waals surface area contributed by atoms with Crippen LogP contribution in [0.3, 0.4) is 0 Å². The van der Waals surface area contributed by atoms with Crippen LogP contribution in [0.25, 0.3) is 10.9 Å². The van der Waals surface area contributed by atoms with Crippen LogP contribution in [0, 0.1) is 6.92 Å². The first-order valence-electron chi connectivity index (χ1n) is 3.64. The van der Waals surface area contributed by atoms with Gasteiger partial charge in [0, 0.05) is 15.6 Å². The Labute approximate surface area is 78.8 Å². The number of aryl methyl sites for hydroxylation is 1. The number of aromatic nitrogens is 2. The van der Waals surface area contributed by atoms with Gasteiger partial charge in [0.25, 0.3) is 0 Å². The van der Waals surface area contributed by atoms with Crippen molar-refractivity contribution in [3.8, 4) is 0 Å². The average molecular weight is 223 g/mol. The molecule has 1 heterocycles. The van der Waals surface area contributed by atoms with Crippen molar-refractivity contribution in [1.29, 1.82) is 0 Å². The van der Waals surface area contributed by atoms with Crippen LogP contribution < -0.4 is 0 Å². The fourth-order valence-corrected chi connectivity index (χ4v) is 1.51. The van der Waals surface area contributed by atoms with E-state index in [0.717, 1.165) is 21.1 Å². The zero-order chi connectivity index (χ0) is 8.55. The molecule has 0 radical (unpaired) electrons. The van der Waals surface area contributed by atoms with Gasteiger partial charge >= 0.3 is 0 Å². The lowest BCUT2D eigenvalue weighted by molar-refractivity contribution is 1.15. The van der Waals surface area contributed by atoms with Crippen LogP contribution in [0.5, 0.6) is 0 Å². The minimum Gasteiger partial charge on any atom is -0.241 e. The highest BCUT2D eigenvalue weighted by atomic mass is 79.9. The molecular formula is C9H7BrN2. The van der Waals surface area contributed by atoms with Crippen LogP contribution in [0.2, 0.25) is 0 Å². The first-order chi connectivity index (χ1) is 5.77. The molecule has 0 spiro atoms. The lowest BCUT2D eigenvalue weighted by Crippen LogP contribution is -1.86. The van der Waals surface area contributed by atoms with E-state index in [2.05, 4.69) is 25.9 Å². The van der Waals surface area contributed by atoms with Crippen molar-refractivity contribution in [3.05, 3.63) is 34.7 Å². The van der Waals surface area contributed by atoms with E-state index >= 15 is 0 Å². The molecule has 12 heavy (non-hydrogen) atoms. The fourth-order valence-electron chi connectivity index (χ4n) is 1.16. The average Bonchev–Trinajstić information content (AvgIpc) is 2.04. The molecule has 3 heteroatoms. The fraction of sp³-hybridized carbons (Fsp3) is 0.111. The molecular weight excluding hydrogens is 216 g/mol. The normalized spacial score (nSPS) is 10.5. The molecule has 1 aromatic heterocycles. The highest BCUT2D eigenvalue weighted by Crippen LogP contribution is 2.18. The molecule has 0 unspecified atom stereocenters. The van der Waals surface area contributed by atoms with Gasteiger partial charge in [0.1, 0.15) is 6.33 Å². The first kappa shape index (κ1) is 7.68. The van der Waals surface area contributed by atoms with Gasteiger partial charge in [0.05, 0.1) is 5.52 Å². The van der Waals surface area contributed by atoms with Crippen molar-refractivity contribution in [1.82, 2.24) is 9.97 Å². The molecule has 0 fully saturated rings. The minimum atomic E-state index is 0.983. The van der Waals surface area contributed by atoms with Crippen LogP contribution in [0.4, 0.5) is 0 Å². The lowest BCUT2D eigenvalue weighted by Gasteiger charge is -1.99. The smallest absolute Gasteiger partial charge is 0.116 e. The molecule has 0 aliphatic carbocycles. The molecule has 0 saturated heterocycles. The van der Waals surface area contributed by atoms with Crippen LogP contribution in [0.15, 0.2) is 29.0 Å². The molecule has 0 bridgehead atoms. The maximum atomic E-state index is 4.16. The van der Waals surface area contributed by atoms with Gasteiger partial charge in [-0.2, -0.15) is 0 Å². The summed E-state index contributed by atoms with van der Waals surface area (Å²) < 4.78 is 1.05.